The Morgan fingerprint density at radius 2 is 1.87 bits per heavy atom. The van der Waals surface area contributed by atoms with Crippen molar-refractivity contribution >= 4 is 21.3 Å². The summed E-state index contributed by atoms with van der Waals surface area (Å²) in [5.74, 6) is 0.784. The first-order chi connectivity index (χ1) is 14.4. The molecular weight excluding hydrogens is 407 g/mol. The van der Waals surface area contributed by atoms with Gasteiger partial charge in [-0.05, 0) is 42.0 Å². The third kappa shape index (κ3) is 3.71. The van der Waals surface area contributed by atoms with Crippen LogP contribution in [0.3, 0.4) is 0 Å². The summed E-state index contributed by atoms with van der Waals surface area (Å²) in [4.78, 5) is 0.251. The number of hydrogen-bond acceptors (Lipinski definition) is 6. The van der Waals surface area contributed by atoms with Gasteiger partial charge in [0.05, 0.1) is 12.0 Å². The number of nitrogens with one attached hydrogen (secondary N) is 1. The second kappa shape index (κ2) is 7.75. The molecule has 0 bridgehead atoms. The fourth-order valence-electron chi connectivity index (χ4n) is 3.24. The van der Waals surface area contributed by atoms with Crippen LogP contribution in [0.5, 0.6) is 5.75 Å². The summed E-state index contributed by atoms with van der Waals surface area (Å²) in [6.45, 7) is 0.214. The maximum absolute atomic E-state index is 14.2. The second-order valence-corrected chi connectivity index (χ2v) is 8.74. The molecule has 0 saturated carbocycles. The van der Waals surface area contributed by atoms with Crippen molar-refractivity contribution in [2.45, 2.75) is 11.4 Å². The Labute approximate surface area is 173 Å². The number of benzene rings is 2. The van der Waals surface area contributed by atoms with Gasteiger partial charge in [0, 0.05) is 23.9 Å². The van der Waals surface area contributed by atoms with E-state index in [4.69, 9.17) is 4.74 Å². The topological polar surface area (TPSA) is 85.6 Å². The lowest BCUT2D eigenvalue weighted by Crippen LogP contribution is -2.07. The van der Waals surface area contributed by atoms with Crippen LogP contribution in [0.4, 0.5) is 10.2 Å². The number of methoxy groups -OCH3 is 1. The van der Waals surface area contributed by atoms with Crippen molar-refractivity contribution in [3.63, 3.8) is 0 Å². The number of halogens is 1. The van der Waals surface area contributed by atoms with Gasteiger partial charge in [-0.1, -0.05) is 18.2 Å². The van der Waals surface area contributed by atoms with Gasteiger partial charge in [0.15, 0.2) is 15.5 Å². The lowest BCUT2D eigenvalue weighted by molar-refractivity contribution is 0.405. The molecule has 7 nitrogen and oxygen atoms in total. The molecule has 0 atom stereocenters. The predicted molar refractivity (Wildman–Crippen MR) is 112 cm³/mol. The fourth-order valence-corrected chi connectivity index (χ4v) is 3.87. The quantitative estimate of drug-likeness (QED) is 0.507. The van der Waals surface area contributed by atoms with E-state index in [0.29, 0.717) is 22.8 Å². The lowest BCUT2D eigenvalue weighted by Gasteiger charge is -2.13. The Morgan fingerprint density at radius 1 is 1.10 bits per heavy atom. The van der Waals surface area contributed by atoms with Crippen LogP contribution in [0.15, 0.2) is 65.8 Å². The van der Waals surface area contributed by atoms with Gasteiger partial charge in [-0.3, -0.25) is 4.40 Å². The summed E-state index contributed by atoms with van der Waals surface area (Å²) in [5, 5.41) is 11.4. The van der Waals surface area contributed by atoms with E-state index in [1.165, 1.54) is 19.4 Å². The highest BCUT2D eigenvalue weighted by Crippen LogP contribution is 2.28. The van der Waals surface area contributed by atoms with Crippen molar-refractivity contribution in [2.24, 2.45) is 0 Å². The number of rotatable bonds is 6. The molecule has 0 aliphatic heterocycles. The molecule has 2 aromatic carbocycles. The highest BCUT2D eigenvalue weighted by molar-refractivity contribution is 7.90. The van der Waals surface area contributed by atoms with E-state index in [-0.39, 0.29) is 17.3 Å². The highest BCUT2D eigenvalue weighted by atomic mass is 32.2. The van der Waals surface area contributed by atoms with Crippen LogP contribution in [0.2, 0.25) is 0 Å². The van der Waals surface area contributed by atoms with E-state index >= 15 is 0 Å². The summed E-state index contributed by atoms with van der Waals surface area (Å²) in [6, 6.07) is 15.0. The number of ether oxygens (including phenoxy) is 1. The van der Waals surface area contributed by atoms with Crippen LogP contribution >= 0.6 is 0 Å². The highest BCUT2D eigenvalue weighted by Gasteiger charge is 2.13. The molecule has 0 aliphatic carbocycles. The summed E-state index contributed by atoms with van der Waals surface area (Å²) in [7, 11) is -1.77. The predicted octanol–water partition coefficient (Wildman–Crippen LogP) is 3.56. The number of sulfone groups is 1. The normalized spacial score (nSPS) is 11.6. The third-order valence-corrected chi connectivity index (χ3v) is 5.92. The van der Waals surface area contributed by atoms with E-state index in [0.717, 1.165) is 11.1 Å². The van der Waals surface area contributed by atoms with Gasteiger partial charge < -0.3 is 10.1 Å². The van der Waals surface area contributed by atoms with Gasteiger partial charge >= 0.3 is 0 Å². The van der Waals surface area contributed by atoms with E-state index < -0.39 is 9.84 Å². The molecule has 2 heterocycles. The zero-order chi connectivity index (χ0) is 21.3. The van der Waals surface area contributed by atoms with Gasteiger partial charge in [0.1, 0.15) is 23.7 Å². The van der Waals surface area contributed by atoms with Gasteiger partial charge in [-0.2, -0.15) is 0 Å². The molecule has 0 saturated heterocycles. The maximum Gasteiger partial charge on any atom is 0.175 e. The lowest BCUT2D eigenvalue weighted by atomic mass is 10.1. The molecule has 2 aromatic heterocycles. The molecule has 0 amide bonds. The van der Waals surface area contributed by atoms with Crippen molar-refractivity contribution in [3.05, 3.63) is 72.3 Å². The number of aromatic nitrogens is 3. The minimum atomic E-state index is -3.27. The molecule has 4 rings (SSSR count). The average molecular weight is 426 g/mol. The number of anilines is 1. The SMILES string of the molecule is COc1cccc(F)c1CNc1ccc(-c2ccc(S(C)(=O)=O)cc2)c2nncn12. The van der Waals surface area contributed by atoms with Crippen LogP contribution in [0, 0.1) is 5.82 Å². The van der Waals surface area contributed by atoms with Gasteiger partial charge in [0.25, 0.3) is 0 Å². The molecule has 0 spiro atoms. The van der Waals surface area contributed by atoms with E-state index in [9.17, 15) is 12.8 Å². The Bertz CT molecular complexity index is 1320. The van der Waals surface area contributed by atoms with Crippen molar-refractivity contribution < 1.29 is 17.5 Å². The molecular formula is C21H19FN4O3S. The van der Waals surface area contributed by atoms with Crippen LogP contribution in [0.25, 0.3) is 16.8 Å². The zero-order valence-corrected chi connectivity index (χ0v) is 17.1. The molecule has 0 radical (unpaired) electrons. The van der Waals surface area contributed by atoms with Crippen molar-refractivity contribution in [3.8, 4) is 16.9 Å². The smallest absolute Gasteiger partial charge is 0.175 e. The number of pyridine rings is 1. The first kappa shape index (κ1) is 19.8. The Hall–Kier alpha value is -3.46. The molecule has 154 valence electrons. The summed E-state index contributed by atoms with van der Waals surface area (Å²) < 4.78 is 44.6. The van der Waals surface area contributed by atoms with Gasteiger partial charge in [-0.15, -0.1) is 10.2 Å². The largest absolute Gasteiger partial charge is 0.496 e. The van der Waals surface area contributed by atoms with E-state index in [1.54, 1.807) is 47.1 Å². The molecule has 4 aromatic rings. The summed E-state index contributed by atoms with van der Waals surface area (Å²) in [5.41, 5.74) is 2.61. The minimum Gasteiger partial charge on any atom is -0.496 e. The maximum atomic E-state index is 14.2. The minimum absolute atomic E-state index is 0.214. The molecule has 0 unspecified atom stereocenters. The summed E-state index contributed by atoms with van der Waals surface area (Å²) in [6.07, 6.45) is 2.73. The molecule has 0 fully saturated rings. The Kier molecular flexibility index (Phi) is 5.13. The van der Waals surface area contributed by atoms with Crippen molar-refractivity contribution in [1.29, 1.82) is 0 Å². The van der Waals surface area contributed by atoms with Crippen molar-refractivity contribution in [2.75, 3.05) is 18.7 Å². The molecule has 1 N–H and O–H groups in total. The molecule has 9 heteroatoms. The van der Waals surface area contributed by atoms with Crippen LogP contribution < -0.4 is 10.1 Å². The monoisotopic (exact) mass is 426 g/mol. The van der Waals surface area contributed by atoms with Crippen molar-refractivity contribution in [1.82, 2.24) is 14.6 Å². The average Bonchev–Trinajstić information content (AvgIpc) is 3.22. The Balaban J connectivity index is 1.67. The first-order valence-electron chi connectivity index (χ1n) is 9.07. The fraction of sp³-hybridized carbons (Fsp3) is 0.143. The molecule has 0 aliphatic rings. The van der Waals surface area contributed by atoms with Gasteiger partial charge in [0.2, 0.25) is 0 Å². The third-order valence-electron chi connectivity index (χ3n) is 4.79. The number of hydrogen-bond donors (Lipinski definition) is 1. The number of nitrogens with zero attached hydrogens (tertiary/aromatic N) is 3. The van der Waals surface area contributed by atoms with E-state index in [1.807, 2.05) is 12.1 Å². The Morgan fingerprint density at radius 3 is 2.57 bits per heavy atom. The zero-order valence-electron chi connectivity index (χ0n) is 16.3. The first-order valence-corrected chi connectivity index (χ1v) is 11.0. The number of fused-ring (bicyclic) bond motifs is 1. The standard InChI is InChI=1S/C21H19FN4O3S/c1-29-19-5-3-4-18(22)17(19)12-23-20-11-10-16(21-25-24-13-26(20)21)14-6-8-15(9-7-14)30(2,27)28/h3-11,13,23H,12H2,1-2H3. The second-order valence-electron chi connectivity index (χ2n) is 6.73. The van der Waals surface area contributed by atoms with Gasteiger partial charge in [-0.25, -0.2) is 12.8 Å². The van der Waals surface area contributed by atoms with Crippen LogP contribution in [-0.4, -0.2) is 36.4 Å². The van der Waals surface area contributed by atoms with Crippen LogP contribution in [-0.2, 0) is 16.4 Å². The summed E-state index contributed by atoms with van der Waals surface area (Å²) >= 11 is 0. The van der Waals surface area contributed by atoms with E-state index in [2.05, 4.69) is 15.5 Å². The molecule has 30 heavy (non-hydrogen) atoms. The van der Waals surface area contributed by atoms with Crippen LogP contribution in [0.1, 0.15) is 5.56 Å².